The molecular formula is C16H28N2O2. The van der Waals surface area contributed by atoms with E-state index in [1.807, 2.05) is 0 Å². The van der Waals surface area contributed by atoms with Crippen molar-refractivity contribution < 1.29 is 9.90 Å². The highest BCUT2D eigenvalue weighted by Crippen LogP contribution is 2.40. The van der Waals surface area contributed by atoms with Gasteiger partial charge in [-0.25, -0.2) is 0 Å². The van der Waals surface area contributed by atoms with E-state index in [0.717, 1.165) is 32.5 Å². The first kappa shape index (κ1) is 14.3. The lowest BCUT2D eigenvalue weighted by molar-refractivity contribution is -0.142. The molecule has 0 amide bonds. The standard InChI is InChI=1S/C16H28N2O2/c19-15(20)13-16(18-9-3-1-2-4-10-18)7-11-17-8-5-6-14(17)12-16/h14H,1-13H2,(H,19,20). The van der Waals surface area contributed by atoms with Gasteiger partial charge in [-0.15, -0.1) is 0 Å². The maximum Gasteiger partial charge on any atom is 0.305 e. The molecule has 3 aliphatic heterocycles. The number of carboxylic acids is 1. The SMILES string of the molecule is O=C(O)CC1(N2CCCCCC2)CCN2CCCC2C1. The van der Waals surface area contributed by atoms with E-state index in [1.54, 1.807) is 0 Å². The third-order valence-corrected chi connectivity index (χ3v) is 5.74. The van der Waals surface area contributed by atoms with Gasteiger partial charge >= 0.3 is 5.97 Å². The Balaban J connectivity index is 1.78. The number of piperidine rings is 1. The fourth-order valence-electron chi connectivity index (χ4n) is 4.70. The Kier molecular flexibility index (Phi) is 4.32. The molecule has 3 heterocycles. The molecule has 114 valence electrons. The summed E-state index contributed by atoms with van der Waals surface area (Å²) in [5, 5.41) is 9.43. The third-order valence-electron chi connectivity index (χ3n) is 5.74. The minimum atomic E-state index is -0.610. The van der Waals surface area contributed by atoms with Crippen molar-refractivity contribution in [1.82, 2.24) is 9.80 Å². The lowest BCUT2D eigenvalue weighted by atomic mass is 9.79. The summed E-state index contributed by atoms with van der Waals surface area (Å²) in [5.74, 6) is -0.610. The molecule has 0 aromatic rings. The smallest absolute Gasteiger partial charge is 0.305 e. The summed E-state index contributed by atoms with van der Waals surface area (Å²) >= 11 is 0. The van der Waals surface area contributed by atoms with Gasteiger partial charge in [-0.1, -0.05) is 12.8 Å². The number of rotatable bonds is 3. The van der Waals surface area contributed by atoms with Crippen LogP contribution in [0.15, 0.2) is 0 Å². The van der Waals surface area contributed by atoms with Crippen LogP contribution in [0.25, 0.3) is 0 Å². The average Bonchev–Trinajstić information content (AvgIpc) is 2.70. The largest absolute Gasteiger partial charge is 0.481 e. The van der Waals surface area contributed by atoms with Gasteiger partial charge in [-0.2, -0.15) is 0 Å². The van der Waals surface area contributed by atoms with Crippen molar-refractivity contribution in [3.05, 3.63) is 0 Å². The third kappa shape index (κ3) is 2.86. The number of carboxylic acid groups (broad SMARTS) is 1. The van der Waals surface area contributed by atoms with Crippen LogP contribution in [0.5, 0.6) is 0 Å². The number of fused-ring (bicyclic) bond motifs is 1. The molecule has 0 aromatic carbocycles. The minimum Gasteiger partial charge on any atom is -0.481 e. The molecule has 0 aliphatic carbocycles. The van der Waals surface area contributed by atoms with Gasteiger partial charge in [0, 0.05) is 18.1 Å². The lowest BCUT2D eigenvalue weighted by Crippen LogP contribution is -2.58. The molecular weight excluding hydrogens is 252 g/mol. The quantitative estimate of drug-likeness (QED) is 0.862. The van der Waals surface area contributed by atoms with E-state index in [-0.39, 0.29) is 5.54 Å². The highest BCUT2D eigenvalue weighted by atomic mass is 16.4. The van der Waals surface area contributed by atoms with Crippen molar-refractivity contribution >= 4 is 5.97 Å². The summed E-state index contributed by atoms with van der Waals surface area (Å²) in [6, 6.07) is 0.645. The first-order valence-electron chi connectivity index (χ1n) is 8.41. The minimum absolute atomic E-state index is 0.0539. The zero-order valence-electron chi connectivity index (χ0n) is 12.5. The van der Waals surface area contributed by atoms with Crippen LogP contribution >= 0.6 is 0 Å². The Morgan fingerprint density at radius 1 is 1.05 bits per heavy atom. The van der Waals surface area contributed by atoms with Gasteiger partial charge in [0.05, 0.1) is 6.42 Å². The van der Waals surface area contributed by atoms with E-state index in [0.29, 0.717) is 12.5 Å². The highest BCUT2D eigenvalue weighted by molar-refractivity contribution is 5.68. The maximum absolute atomic E-state index is 11.5. The van der Waals surface area contributed by atoms with Crippen molar-refractivity contribution in [3.8, 4) is 0 Å². The molecule has 20 heavy (non-hydrogen) atoms. The molecule has 0 spiro atoms. The second kappa shape index (κ2) is 6.02. The second-order valence-electron chi connectivity index (χ2n) is 6.98. The Labute approximate surface area is 122 Å². The average molecular weight is 280 g/mol. The van der Waals surface area contributed by atoms with E-state index in [1.165, 1.54) is 45.1 Å². The molecule has 4 heteroatoms. The normalized spacial score (nSPS) is 36.5. The molecule has 3 fully saturated rings. The molecule has 0 saturated carbocycles. The van der Waals surface area contributed by atoms with Crippen molar-refractivity contribution in [1.29, 1.82) is 0 Å². The topological polar surface area (TPSA) is 43.8 Å². The van der Waals surface area contributed by atoms with Crippen molar-refractivity contribution in [2.45, 2.75) is 69.4 Å². The number of hydrogen-bond acceptors (Lipinski definition) is 3. The van der Waals surface area contributed by atoms with Gasteiger partial charge in [-0.3, -0.25) is 9.69 Å². The highest BCUT2D eigenvalue weighted by Gasteiger charge is 2.46. The Morgan fingerprint density at radius 2 is 1.80 bits per heavy atom. The molecule has 4 nitrogen and oxygen atoms in total. The maximum atomic E-state index is 11.5. The van der Waals surface area contributed by atoms with E-state index in [4.69, 9.17) is 0 Å². The first-order valence-corrected chi connectivity index (χ1v) is 8.41. The van der Waals surface area contributed by atoms with Crippen LogP contribution in [0.4, 0.5) is 0 Å². The van der Waals surface area contributed by atoms with Gasteiger partial charge in [0.1, 0.15) is 0 Å². The zero-order valence-corrected chi connectivity index (χ0v) is 12.5. The van der Waals surface area contributed by atoms with Crippen LogP contribution in [0, 0.1) is 0 Å². The molecule has 3 rings (SSSR count). The summed E-state index contributed by atoms with van der Waals surface area (Å²) in [6.07, 6.45) is 10.2. The van der Waals surface area contributed by atoms with Gasteiger partial charge in [0.2, 0.25) is 0 Å². The van der Waals surface area contributed by atoms with Crippen LogP contribution in [0.3, 0.4) is 0 Å². The zero-order chi connectivity index (χ0) is 14.0. The van der Waals surface area contributed by atoms with Gasteiger partial charge in [-0.05, 0) is 58.2 Å². The number of likely N-dealkylation sites (tertiary alicyclic amines) is 1. The number of aliphatic carboxylic acids is 1. The Bertz CT molecular complexity index is 352. The van der Waals surface area contributed by atoms with Crippen molar-refractivity contribution in [2.24, 2.45) is 0 Å². The molecule has 2 atom stereocenters. The van der Waals surface area contributed by atoms with Crippen LogP contribution in [-0.4, -0.2) is 58.6 Å². The molecule has 3 saturated heterocycles. The monoisotopic (exact) mass is 280 g/mol. The van der Waals surface area contributed by atoms with Gasteiger partial charge < -0.3 is 10.0 Å². The second-order valence-corrected chi connectivity index (χ2v) is 6.98. The summed E-state index contributed by atoms with van der Waals surface area (Å²) in [5.41, 5.74) is -0.0539. The number of carbonyl (C=O) groups is 1. The van der Waals surface area contributed by atoms with Crippen LogP contribution in [0.1, 0.15) is 57.8 Å². The van der Waals surface area contributed by atoms with Crippen molar-refractivity contribution in [3.63, 3.8) is 0 Å². The molecule has 1 N–H and O–H groups in total. The number of nitrogens with zero attached hydrogens (tertiary/aromatic N) is 2. The van der Waals surface area contributed by atoms with Crippen LogP contribution < -0.4 is 0 Å². The lowest BCUT2D eigenvalue weighted by Gasteiger charge is -2.50. The molecule has 3 aliphatic rings. The fraction of sp³-hybridized carbons (Fsp3) is 0.938. The van der Waals surface area contributed by atoms with E-state index < -0.39 is 5.97 Å². The fourth-order valence-corrected chi connectivity index (χ4v) is 4.70. The van der Waals surface area contributed by atoms with Crippen LogP contribution in [0.2, 0.25) is 0 Å². The van der Waals surface area contributed by atoms with Crippen LogP contribution in [-0.2, 0) is 4.79 Å². The van der Waals surface area contributed by atoms with E-state index >= 15 is 0 Å². The Hall–Kier alpha value is -0.610. The summed E-state index contributed by atoms with van der Waals surface area (Å²) < 4.78 is 0. The van der Waals surface area contributed by atoms with Gasteiger partial charge in [0.25, 0.3) is 0 Å². The number of hydrogen-bond donors (Lipinski definition) is 1. The predicted molar refractivity (Wildman–Crippen MR) is 78.9 cm³/mol. The van der Waals surface area contributed by atoms with Gasteiger partial charge in [0.15, 0.2) is 0 Å². The summed E-state index contributed by atoms with van der Waals surface area (Å²) in [6.45, 7) is 4.56. The predicted octanol–water partition coefficient (Wildman–Crippen LogP) is 2.33. The molecule has 2 unspecified atom stereocenters. The van der Waals surface area contributed by atoms with E-state index in [9.17, 15) is 9.90 Å². The summed E-state index contributed by atoms with van der Waals surface area (Å²) in [4.78, 5) is 16.6. The molecule has 0 aromatic heterocycles. The van der Waals surface area contributed by atoms with E-state index in [2.05, 4.69) is 9.80 Å². The van der Waals surface area contributed by atoms with Crippen molar-refractivity contribution in [2.75, 3.05) is 26.2 Å². The summed E-state index contributed by atoms with van der Waals surface area (Å²) in [7, 11) is 0. The Morgan fingerprint density at radius 3 is 2.50 bits per heavy atom. The first-order chi connectivity index (χ1) is 9.70. The molecule has 0 radical (unpaired) electrons. The molecule has 0 bridgehead atoms.